The first kappa shape index (κ1) is 16.4. The Hall–Kier alpha value is -3.04. The summed E-state index contributed by atoms with van der Waals surface area (Å²) in [6.45, 7) is 1.98. The number of anilines is 1. The second-order valence-corrected chi connectivity index (χ2v) is 7.44. The van der Waals surface area contributed by atoms with E-state index in [9.17, 15) is 10.1 Å². The summed E-state index contributed by atoms with van der Waals surface area (Å²) in [4.78, 5) is 17.3. The van der Waals surface area contributed by atoms with Gasteiger partial charge in [-0.05, 0) is 42.2 Å². The second-order valence-electron chi connectivity index (χ2n) is 6.66. The van der Waals surface area contributed by atoms with Crippen LogP contribution in [0.5, 0.6) is 0 Å². The van der Waals surface area contributed by atoms with Crippen LogP contribution in [-0.2, 0) is 11.2 Å². The van der Waals surface area contributed by atoms with E-state index in [1.165, 1.54) is 6.33 Å². The number of nitrogens with zero attached hydrogens (tertiary/aromatic N) is 3. The predicted molar refractivity (Wildman–Crippen MR) is 99.8 cm³/mol. The number of nitriles is 1. The van der Waals surface area contributed by atoms with Gasteiger partial charge in [0, 0.05) is 17.5 Å². The average Bonchev–Trinajstić information content (AvgIpc) is 3.27. The van der Waals surface area contributed by atoms with Crippen LogP contribution in [-0.4, -0.2) is 15.3 Å². The lowest BCUT2D eigenvalue weighted by atomic mass is 9.73. The van der Waals surface area contributed by atoms with Crippen molar-refractivity contribution in [3.05, 3.63) is 77.1 Å². The van der Waals surface area contributed by atoms with Crippen molar-refractivity contribution in [2.75, 3.05) is 5.32 Å². The second kappa shape index (κ2) is 6.36. The summed E-state index contributed by atoms with van der Waals surface area (Å²) in [5, 5.41) is 12.7. The summed E-state index contributed by atoms with van der Waals surface area (Å²) < 4.78 is 3.94. The number of nitrogens with one attached hydrogen (secondary N) is 1. The number of hydrogen-bond donors (Lipinski definition) is 1. The van der Waals surface area contributed by atoms with Gasteiger partial charge in [-0.2, -0.15) is 9.64 Å². The molecular weight excluding hydrogens is 344 g/mol. The van der Waals surface area contributed by atoms with Crippen molar-refractivity contribution in [1.82, 2.24) is 9.36 Å². The van der Waals surface area contributed by atoms with Gasteiger partial charge >= 0.3 is 0 Å². The summed E-state index contributed by atoms with van der Waals surface area (Å²) in [6, 6.07) is 17.9. The highest BCUT2D eigenvalue weighted by Gasteiger charge is 2.49. The van der Waals surface area contributed by atoms with Crippen LogP contribution in [0.2, 0.25) is 0 Å². The van der Waals surface area contributed by atoms with E-state index in [1.54, 1.807) is 0 Å². The SMILES string of the molecule is C[C@]1(C(=O)Nc2ncns2)Cc2ccc(C#N)cc2[C@H]1c1ccccc1. The van der Waals surface area contributed by atoms with Crippen LogP contribution in [0, 0.1) is 16.7 Å². The van der Waals surface area contributed by atoms with Crippen molar-refractivity contribution < 1.29 is 4.79 Å². The van der Waals surface area contributed by atoms with E-state index >= 15 is 0 Å². The number of carbonyl (C=O) groups excluding carboxylic acids is 1. The third kappa shape index (κ3) is 2.67. The van der Waals surface area contributed by atoms with Gasteiger partial charge in [0.2, 0.25) is 11.0 Å². The lowest BCUT2D eigenvalue weighted by Crippen LogP contribution is -2.37. The number of carbonyl (C=O) groups is 1. The van der Waals surface area contributed by atoms with E-state index in [2.05, 4.69) is 20.7 Å². The Labute approximate surface area is 155 Å². The van der Waals surface area contributed by atoms with E-state index in [1.807, 2.05) is 55.5 Å². The zero-order valence-corrected chi connectivity index (χ0v) is 15.0. The first-order valence-electron chi connectivity index (χ1n) is 8.28. The molecule has 1 heterocycles. The zero-order chi connectivity index (χ0) is 18.1. The number of benzene rings is 2. The Kier molecular flexibility index (Phi) is 4.02. The minimum Gasteiger partial charge on any atom is -0.300 e. The first-order chi connectivity index (χ1) is 12.6. The monoisotopic (exact) mass is 360 g/mol. The first-order valence-corrected chi connectivity index (χ1v) is 9.05. The van der Waals surface area contributed by atoms with E-state index in [4.69, 9.17) is 0 Å². The van der Waals surface area contributed by atoms with Crippen LogP contribution in [0.3, 0.4) is 0 Å². The van der Waals surface area contributed by atoms with Gasteiger partial charge in [0.1, 0.15) is 6.33 Å². The van der Waals surface area contributed by atoms with Gasteiger partial charge in [0.25, 0.3) is 0 Å². The largest absolute Gasteiger partial charge is 0.300 e. The van der Waals surface area contributed by atoms with Crippen molar-refractivity contribution in [2.24, 2.45) is 5.41 Å². The number of amides is 1. The van der Waals surface area contributed by atoms with E-state index in [0.29, 0.717) is 17.1 Å². The van der Waals surface area contributed by atoms with Gasteiger partial charge < -0.3 is 5.32 Å². The maximum atomic E-state index is 13.2. The van der Waals surface area contributed by atoms with Crippen molar-refractivity contribution in [3.8, 4) is 6.07 Å². The topological polar surface area (TPSA) is 78.7 Å². The average molecular weight is 360 g/mol. The van der Waals surface area contributed by atoms with Gasteiger partial charge in [0.15, 0.2) is 0 Å². The molecule has 0 saturated carbocycles. The standard InChI is InChI=1S/C20H16N4OS/c1-20(18(25)24-19-22-12-23-26-19)10-15-8-7-13(11-21)9-16(15)17(20)14-5-3-2-4-6-14/h2-9,12,17H,10H2,1H3,(H,22,23,24,25)/t17-,20+/m1/s1. The minimum atomic E-state index is -0.677. The molecule has 1 aliphatic carbocycles. The maximum absolute atomic E-state index is 13.2. The summed E-state index contributed by atoms with van der Waals surface area (Å²) in [5.74, 6) is -0.210. The van der Waals surface area contributed by atoms with Crippen molar-refractivity contribution in [2.45, 2.75) is 19.3 Å². The maximum Gasteiger partial charge on any atom is 0.233 e. The third-order valence-corrected chi connectivity index (χ3v) is 5.59. The van der Waals surface area contributed by atoms with Gasteiger partial charge in [-0.1, -0.05) is 36.4 Å². The summed E-state index contributed by atoms with van der Waals surface area (Å²) >= 11 is 1.16. The molecule has 6 heteroatoms. The van der Waals surface area contributed by atoms with E-state index in [0.717, 1.165) is 28.2 Å². The lowest BCUT2D eigenvalue weighted by Gasteiger charge is -2.30. The Morgan fingerprint density at radius 2 is 2.12 bits per heavy atom. The highest BCUT2D eigenvalue weighted by Crippen LogP contribution is 2.51. The molecule has 128 valence electrons. The molecule has 26 heavy (non-hydrogen) atoms. The smallest absolute Gasteiger partial charge is 0.233 e. The molecule has 2 atom stereocenters. The highest BCUT2D eigenvalue weighted by molar-refractivity contribution is 7.09. The van der Waals surface area contributed by atoms with Crippen molar-refractivity contribution >= 4 is 22.6 Å². The normalized spacial score (nSPS) is 21.0. The fraction of sp³-hybridized carbons (Fsp3) is 0.200. The fourth-order valence-corrected chi connectivity index (χ4v) is 4.23. The predicted octanol–water partition coefficient (Wildman–Crippen LogP) is 3.74. The molecule has 2 aromatic carbocycles. The molecule has 0 unspecified atom stereocenters. The van der Waals surface area contributed by atoms with Gasteiger partial charge in [-0.25, -0.2) is 4.98 Å². The van der Waals surface area contributed by atoms with Crippen LogP contribution in [0.4, 0.5) is 5.13 Å². The molecular formula is C20H16N4OS. The Morgan fingerprint density at radius 3 is 2.81 bits per heavy atom. The zero-order valence-electron chi connectivity index (χ0n) is 14.1. The number of fused-ring (bicyclic) bond motifs is 1. The van der Waals surface area contributed by atoms with Crippen LogP contribution in [0.25, 0.3) is 0 Å². The molecule has 0 radical (unpaired) electrons. The van der Waals surface area contributed by atoms with Crippen LogP contribution < -0.4 is 5.32 Å². The minimum absolute atomic E-state index is 0.0854. The molecule has 3 aromatic rings. The molecule has 0 saturated heterocycles. The fourth-order valence-electron chi connectivity index (χ4n) is 3.81. The van der Waals surface area contributed by atoms with Crippen molar-refractivity contribution in [1.29, 1.82) is 5.26 Å². The summed E-state index contributed by atoms with van der Waals surface area (Å²) in [6.07, 6.45) is 2.04. The van der Waals surface area contributed by atoms with Crippen LogP contribution in [0.1, 0.15) is 35.1 Å². The molecule has 5 nitrogen and oxygen atoms in total. The molecule has 1 aromatic heterocycles. The van der Waals surface area contributed by atoms with Crippen LogP contribution >= 0.6 is 11.5 Å². The molecule has 0 aliphatic heterocycles. The molecule has 4 rings (SSSR count). The molecule has 0 fully saturated rings. The number of rotatable bonds is 3. The summed E-state index contributed by atoms with van der Waals surface area (Å²) in [7, 11) is 0. The van der Waals surface area contributed by atoms with Gasteiger partial charge in [-0.15, -0.1) is 0 Å². The molecule has 1 N–H and O–H groups in total. The quantitative estimate of drug-likeness (QED) is 0.772. The van der Waals surface area contributed by atoms with Crippen molar-refractivity contribution in [3.63, 3.8) is 0 Å². The van der Waals surface area contributed by atoms with E-state index < -0.39 is 5.41 Å². The van der Waals surface area contributed by atoms with Gasteiger partial charge in [-0.3, -0.25) is 4.79 Å². The number of aromatic nitrogens is 2. The van der Waals surface area contributed by atoms with Crippen LogP contribution in [0.15, 0.2) is 54.9 Å². The molecule has 1 amide bonds. The molecule has 0 bridgehead atoms. The molecule has 0 spiro atoms. The lowest BCUT2D eigenvalue weighted by molar-refractivity contribution is -0.125. The van der Waals surface area contributed by atoms with Gasteiger partial charge in [0.05, 0.1) is 17.0 Å². The third-order valence-electron chi connectivity index (χ3n) is 5.01. The highest BCUT2D eigenvalue weighted by atomic mass is 32.1. The Bertz CT molecular complexity index is 994. The summed E-state index contributed by atoms with van der Waals surface area (Å²) in [5.41, 5.74) is 3.15. The molecule has 1 aliphatic rings. The Balaban J connectivity index is 1.81. The van der Waals surface area contributed by atoms with E-state index in [-0.39, 0.29) is 11.8 Å². The Morgan fingerprint density at radius 1 is 1.31 bits per heavy atom. The number of hydrogen-bond acceptors (Lipinski definition) is 5.